The maximum absolute atomic E-state index is 12.0. The number of amides is 1. The van der Waals surface area contributed by atoms with Crippen LogP contribution in [-0.4, -0.2) is 27.0 Å². The van der Waals surface area contributed by atoms with Gasteiger partial charge >= 0.3 is 0 Å². The molecule has 0 saturated carbocycles. The number of phenolic OH excluding ortho intramolecular Hbond substituents is 1. The predicted octanol–water partition coefficient (Wildman–Crippen LogP) is 3.83. The minimum Gasteiger partial charge on any atom is -0.506 e. The number of thioether (sulfide) groups is 1. The Hall–Kier alpha value is -2.51. The van der Waals surface area contributed by atoms with E-state index in [1.54, 1.807) is 0 Å². The van der Waals surface area contributed by atoms with E-state index in [1.807, 2.05) is 30.3 Å². The first-order valence-corrected chi connectivity index (χ1v) is 8.28. The minimum absolute atomic E-state index is 0.0538. The highest BCUT2D eigenvalue weighted by Gasteiger charge is 2.12. The Morgan fingerprint density at radius 1 is 1.21 bits per heavy atom. The van der Waals surface area contributed by atoms with E-state index in [1.165, 1.54) is 18.2 Å². The summed E-state index contributed by atoms with van der Waals surface area (Å²) in [4.78, 5) is 12.0. The normalized spacial score (nSPS) is 10.5. The summed E-state index contributed by atoms with van der Waals surface area (Å²) < 4.78 is 5.50. The van der Waals surface area contributed by atoms with Gasteiger partial charge in [0.05, 0.1) is 11.4 Å². The van der Waals surface area contributed by atoms with Gasteiger partial charge < -0.3 is 14.8 Å². The van der Waals surface area contributed by atoms with Crippen molar-refractivity contribution in [2.75, 3.05) is 11.1 Å². The van der Waals surface area contributed by atoms with Crippen LogP contribution in [0.4, 0.5) is 5.69 Å². The number of carbonyl (C=O) groups is 1. The van der Waals surface area contributed by atoms with Gasteiger partial charge in [-0.15, -0.1) is 10.2 Å². The number of aromatic hydroxyl groups is 1. The SMILES string of the molecule is O=C(CSc1nnc(-c2ccccc2)o1)Nc1cc(Cl)ccc1O. The van der Waals surface area contributed by atoms with Crippen molar-refractivity contribution in [3.63, 3.8) is 0 Å². The molecule has 6 nitrogen and oxygen atoms in total. The maximum atomic E-state index is 12.0. The largest absolute Gasteiger partial charge is 0.506 e. The summed E-state index contributed by atoms with van der Waals surface area (Å²) in [6.07, 6.45) is 0. The molecule has 2 aromatic carbocycles. The second kappa shape index (κ2) is 7.37. The smallest absolute Gasteiger partial charge is 0.277 e. The van der Waals surface area contributed by atoms with E-state index >= 15 is 0 Å². The number of phenols is 1. The second-order valence-corrected chi connectivity index (χ2v) is 6.10. The first-order chi connectivity index (χ1) is 11.6. The third kappa shape index (κ3) is 4.06. The lowest BCUT2D eigenvalue weighted by Crippen LogP contribution is -2.14. The molecule has 8 heteroatoms. The van der Waals surface area contributed by atoms with Gasteiger partial charge in [-0.1, -0.05) is 41.6 Å². The van der Waals surface area contributed by atoms with Crippen molar-refractivity contribution < 1.29 is 14.3 Å². The summed E-state index contributed by atoms with van der Waals surface area (Å²) >= 11 is 6.94. The molecule has 122 valence electrons. The first kappa shape index (κ1) is 16.4. The Bertz CT molecular complexity index is 855. The number of hydrogen-bond acceptors (Lipinski definition) is 6. The maximum Gasteiger partial charge on any atom is 0.277 e. The Labute approximate surface area is 146 Å². The molecule has 1 aromatic heterocycles. The Morgan fingerprint density at radius 3 is 2.79 bits per heavy atom. The van der Waals surface area contributed by atoms with Gasteiger partial charge in [0.15, 0.2) is 0 Å². The molecule has 0 bridgehead atoms. The lowest BCUT2D eigenvalue weighted by Gasteiger charge is -2.06. The van der Waals surface area contributed by atoms with E-state index in [-0.39, 0.29) is 23.1 Å². The van der Waals surface area contributed by atoms with Crippen LogP contribution in [-0.2, 0) is 4.79 Å². The van der Waals surface area contributed by atoms with Gasteiger partial charge in [-0.25, -0.2) is 0 Å². The van der Waals surface area contributed by atoms with Crippen molar-refractivity contribution in [2.45, 2.75) is 5.22 Å². The van der Waals surface area contributed by atoms with Crippen molar-refractivity contribution >= 4 is 35.0 Å². The molecular weight excluding hydrogens is 350 g/mol. The third-order valence-electron chi connectivity index (χ3n) is 2.99. The fourth-order valence-electron chi connectivity index (χ4n) is 1.89. The van der Waals surface area contributed by atoms with Gasteiger partial charge in [0.25, 0.3) is 5.22 Å². The lowest BCUT2D eigenvalue weighted by atomic mass is 10.2. The molecule has 0 atom stereocenters. The van der Waals surface area contributed by atoms with Crippen molar-refractivity contribution in [1.82, 2.24) is 10.2 Å². The molecule has 0 aliphatic carbocycles. The number of halogens is 1. The van der Waals surface area contributed by atoms with Crippen LogP contribution in [0, 0.1) is 0 Å². The average molecular weight is 362 g/mol. The number of benzene rings is 2. The average Bonchev–Trinajstić information content (AvgIpc) is 3.06. The molecule has 0 unspecified atom stereocenters. The third-order valence-corrected chi connectivity index (χ3v) is 4.04. The molecular formula is C16H12ClN3O3S. The van der Waals surface area contributed by atoms with Gasteiger partial charge in [0, 0.05) is 10.6 Å². The quantitative estimate of drug-likeness (QED) is 0.530. The lowest BCUT2D eigenvalue weighted by molar-refractivity contribution is -0.113. The van der Waals surface area contributed by atoms with Crippen LogP contribution >= 0.6 is 23.4 Å². The topological polar surface area (TPSA) is 88.2 Å². The zero-order valence-corrected chi connectivity index (χ0v) is 13.8. The zero-order valence-electron chi connectivity index (χ0n) is 12.3. The van der Waals surface area contributed by atoms with E-state index in [4.69, 9.17) is 16.0 Å². The molecule has 3 rings (SSSR count). The van der Waals surface area contributed by atoms with E-state index < -0.39 is 0 Å². The molecule has 0 saturated heterocycles. The van der Waals surface area contributed by atoms with Crippen LogP contribution in [0.1, 0.15) is 0 Å². The van der Waals surface area contributed by atoms with Crippen molar-refractivity contribution in [2.24, 2.45) is 0 Å². The van der Waals surface area contributed by atoms with Crippen LogP contribution in [0.25, 0.3) is 11.5 Å². The van der Waals surface area contributed by atoms with Gasteiger partial charge in [-0.2, -0.15) is 0 Å². The molecule has 0 fully saturated rings. The van der Waals surface area contributed by atoms with Crippen LogP contribution in [0.15, 0.2) is 58.2 Å². The van der Waals surface area contributed by atoms with Gasteiger partial charge in [-0.3, -0.25) is 4.79 Å². The number of nitrogens with one attached hydrogen (secondary N) is 1. The molecule has 0 spiro atoms. The van der Waals surface area contributed by atoms with E-state index in [2.05, 4.69) is 15.5 Å². The predicted molar refractivity (Wildman–Crippen MR) is 92.2 cm³/mol. The van der Waals surface area contributed by atoms with Crippen molar-refractivity contribution in [1.29, 1.82) is 0 Å². The Morgan fingerprint density at radius 2 is 2.00 bits per heavy atom. The summed E-state index contributed by atoms with van der Waals surface area (Å²) in [5.74, 6) is 0.0764. The molecule has 0 aliphatic rings. The van der Waals surface area contributed by atoms with E-state index in [9.17, 15) is 9.90 Å². The standard InChI is InChI=1S/C16H12ClN3O3S/c17-11-6-7-13(21)12(8-11)18-14(22)9-24-16-20-19-15(23-16)10-4-2-1-3-5-10/h1-8,21H,9H2,(H,18,22). The number of nitrogens with zero attached hydrogens (tertiary/aromatic N) is 2. The van der Waals surface area contributed by atoms with Crippen molar-refractivity contribution in [3.05, 3.63) is 53.6 Å². The van der Waals surface area contributed by atoms with Gasteiger partial charge in [0.1, 0.15) is 5.75 Å². The minimum atomic E-state index is -0.322. The summed E-state index contributed by atoms with van der Waals surface area (Å²) in [6, 6.07) is 13.8. The van der Waals surface area contributed by atoms with E-state index in [0.717, 1.165) is 17.3 Å². The second-order valence-electron chi connectivity index (χ2n) is 4.74. The number of carbonyl (C=O) groups excluding carboxylic acids is 1. The monoisotopic (exact) mass is 361 g/mol. The number of rotatable bonds is 5. The molecule has 3 aromatic rings. The fraction of sp³-hybridized carbons (Fsp3) is 0.0625. The van der Waals surface area contributed by atoms with Crippen LogP contribution in [0.5, 0.6) is 5.75 Å². The zero-order chi connectivity index (χ0) is 16.9. The highest BCUT2D eigenvalue weighted by molar-refractivity contribution is 7.99. The molecule has 0 radical (unpaired) electrons. The van der Waals surface area contributed by atoms with Crippen molar-refractivity contribution in [3.8, 4) is 17.2 Å². The van der Waals surface area contributed by atoms with Crippen LogP contribution in [0.2, 0.25) is 5.02 Å². The highest BCUT2D eigenvalue weighted by Crippen LogP contribution is 2.27. The fourth-order valence-corrected chi connectivity index (χ4v) is 2.62. The summed E-state index contributed by atoms with van der Waals surface area (Å²) in [5.41, 5.74) is 1.06. The molecule has 24 heavy (non-hydrogen) atoms. The number of hydrogen-bond donors (Lipinski definition) is 2. The molecule has 2 N–H and O–H groups in total. The first-order valence-electron chi connectivity index (χ1n) is 6.92. The summed E-state index contributed by atoms with van der Waals surface area (Å²) in [6.45, 7) is 0. The highest BCUT2D eigenvalue weighted by atomic mass is 35.5. The van der Waals surface area contributed by atoms with Crippen LogP contribution in [0.3, 0.4) is 0 Å². The molecule has 1 amide bonds. The van der Waals surface area contributed by atoms with Gasteiger partial charge in [0.2, 0.25) is 11.8 Å². The number of anilines is 1. The van der Waals surface area contributed by atoms with E-state index in [0.29, 0.717) is 16.1 Å². The number of aromatic nitrogens is 2. The Kier molecular flexibility index (Phi) is 5.02. The summed E-state index contributed by atoms with van der Waals surface area (Å²) in [5, 5.41) is 20.8. The van der Waals surface area contributed by atoms with Gasteiger partial charge in [-0.05, 0) is 30.3 Å². The molecule has 0 aliphatic heterocycles. The Balaban J connectivity index is 1.59. The molecule has 1 heterocycles. The van der Waals surface area contributed by atoms with Crippen LogP contribution < -0.4 is 5.32 Å². The summed E-state index contributed by atoms with van der Waals surface area (Å²) in [7, 11) is 0.